The molecule has 0 aliphatic carbocycles. The molecule has 0 unspecified atom stereocenters. The Hall–Kier alpha value is -2.87. The summed E-state index contributed by atoms with van der Waals surface area (Å²) in [4.78, 5) is 12.1. The molecule has 3 aromatic rings. The minimum atomic E-state index is -0.341. The summed E-state index contributed by atoms with van der Waals surface area (Å²) in [6.45, 7) is 6.17. The largest absolute Gasteiger partial charge is 0.296 e. The summed E-state index contributed by atoms with van der Waals surface area (Å²) in [5.41, 5.74) is 3.81. The first-order valence-corrected chi connectivity index (χ1v) is 8.19. The van der Waals surface area contributed by atoms with Crippen LogP contribution in [0.5, 0.6) is 0 Å². The third-order valence-corrected chi connectivity index (χ3v) is 4.19. The van der Waals surface area contributed by atoms with Crippen LogP contribution in [0.4, 0.5) is 0 Å². The molecule has 0 atom stereocenters. The van der Waals surface area contributed by atoms with Gasteiger partial charge in [0.1, 0.15) is 5.69 Å². The van der Waals surface area contributed by atoms with Crippen molar-refractivity contribution in [2.45, 2.75) is 27.3 Å². The molecule has 128 valence electrons. The summed E-state index contributed by atoms with van der Waals surface area (Å²) in [7, 11) is 0. The van der Waals surface area contributed by atoms with Crippen LogP contribution in [0, 0.1) is 25.5 Å². The molecule has 0 bridgehead atoms. The lowest BCUT2D eigenvalue weighted by Crippen LogP contribution is -2.22. The molecule has 0 saturated heterocycles. The number of nitrogens with zero attached hydrogens (tertiary/aromatic N) is 5. The lowest BCUT2D eigenvalue weighted by molar-refractivity contribution is 0.659. The minimum absolute atomic E-state index is 0.152. The van der Waals surface area contributed by atoms with Gasteiger partial charge < -0.3 is 0 Å². The van der Waals surface area contributed by atoms with Crippen LogP contribution in [-0.4, -0.2) is 30.9 Å². The summed E-state index contributed by atoms with van der Waals surface area (Å²) in [6.07, 6.45) is 1.61. The molecule has 0 aliphatic rings. The second kappa shape index (κ2) is 6.94. The topological polar surface area (TPSA) is 80.9 Å². The lowest BCUT2D eigenvalue weighted by Gasteiger charge is -2.04. The third-order valence-electron chi connectivity index (χ3n) is 3.93. The van der Waals surface area contributed by atoms with Gasteiger partial charge in [-0.3, -0.25) is 14.6 Å². The fraction of sp³-hybridized carbons (Fsp3) is 0.235. The van der Waals surface area contributed by atoms with Crippen LogP contribution >= 0.6 is 12.2 Å². The Morgan fingerprint density at radius 3 is 2.64 bits per heavy atom. The molecule has 0 saturated carbocycles. The molecule has 0 fully saturated rings. The van der Waals surface area contributed by atoms with Crippen LogP contribution in [-0.2, 0) is 6.54 Å². The van der Waals surface area contributed by atoms with Crippen molar-refractivity contribution in [3.63, 3.8) is 0 Å². The SMILES string of the molecule is Cc1nn(Cc2ccccc2)c(C)c1/C=N\n1c(=S)[nH]nc(C)c1=O. The van der Waals surface area contributed by atoms with Crippen molar-refractivity contribution in [3.05, 3.63) is 73.7 Å². The highest BCUT2D eigenvalue weighted by molar-refractivity contribution is 7.71. The molecule has 3 rings (SSSR count). The molecular formula is C17H18N6OS. The first kappa shape index (κ1) is 17.0. The third kappa shape index (κ3) is 3.48. The molecule has 1 aromatic carbocycles. The first-order chi connectivity index (χ1) is 12.0. The first-order valence-electron chi connectivity index (χ1n) is 7.78. The highest BCUT2D eigenvalue weighted by Crippen LogP contribution is 2.13. The summed E-state index contributed by atoms with van der Waals surface area (Å²) in [5, 5.41) is 15.2. The van der Waals surface area contributed by atoms with Crippen molar-refractivity contribution in [2.24, 2.45) is 5.10 Å². The van der Waals surface area contributed by atoms with Crippen molar-refractivity contribution in [2.75, 3.05) is 0 Å². The lowest BCUT2D eigenvalue weighted by atomic mass is 10.2. The smallest absolute Gasteiger partial charge is 0.265 e. The van der Waals surface area contributed by atoms with Gasteiger partial charge in [0.05, 0.1) is 18.5 Å². The highest BCUT2D eigenvalue weighted by atomic mass is 32.1. The average Bonchev–Trinajstić information content (AvgIpc) is 2.86. The molecule has 2 heterocycles. The monoisotopic (exact) mass is 354 g/mol. The maximum atomic E-state index is 12.1. The molecule has 2 aromatic heterocycles. The van der Waals surface area contributed by atoms with Crippen molar-refractivity contribution >= 4 is 18.4 Å². The Morgan fingerprint density at radius 1 is 1.20 bits per heavy atom. The second-order valence-electron chi connectivity index (χ2n) is 5.70. The van der Waals surface area contributed by atoms with Gasteiger partial charge in [-0.1, -0.05) is 30.3 Å². The number of aromatic amines is 1. The Labute approximate surface area is 149 Å². The predicted molar refractivity (Wildman–Crippen MR) is 98.7 cm³/mol. The number of benzene rings is 1. The standard InChI is InChI=1S/C17H18N6OS/c1-11-15(9-18-23-16(24)12(2)19-20-17(23)25)13(3)22(21-11)10-14-7-5-4-6-8-14/h4-9H,10H2,1-3H3,(H,20,25)/b18-9-. The van der Waals surface area contributed by atoms with Crippen molar-refractivity contribution in [1.29, 1.82) is 0 Å². The number of nitrogens with one attached hydrogen (secondary N) is 1. The van der Waals surface area contributed by atoms with Crippen LogP contribution < -0.4 is 5.56 Å². The van der Waals surface area contributed by atoms with E-state index in [9.17, 15) is 4.79 Å². The molecular weight excluding hydrogens is 336 g/mol. The summed E-state index contributed by atoms with van der Waals surface area (Å²) in [5.74, 6) is 0. The zero-order chi connectivity index (χ0) is 18.0. The fourth-order valence-corrected chi connectivity index (χ4v) is 2.68. The van der Waals surface area contributed by atoms with Crippen molar-refractivity contribution < 1.29 is 0 Å². The minimum Gasteiger partial charge on any atom is -0.265 e. The van der Waals surface area contributed by atoms with E-state index < -0.39 is 0 Å². The number of aryl methyl sites for hydroxylation is 2. The van der Waals surface area contributed by atoms with Crippen LogP contribution in [0.15, 0.2) is 40.2 Å². The van der Waals surface area contributed by atoms with E-state index in [1.807, 2.05) is 36.7 Å². The van der Waals surface area contributed by atoms with E-state index in [-0.39, 0.29) is 10.3 Å². The average molecular weight is 354 g/mol. The Balaban J connectivity index is 1.96. The maximum Gasteiger partial charge on any atom is 0.296 e. The molecule has 0 radical (unpaired) electrons. The molecule has 8 heteroatoms. The highest BCUT2D eigenvalue weighted by Gasteiger charge is 2.10. The Bertz CT molecular complexity index is 1050. The number of aromatic nitrogens is 5. The molecule has 7 nitrogen and oxygen atoms in total. The van der Waals surface area contributed by atoms with Gasteiger partial charge in [-0.15, -0.1) is 0 Å². The molecule has 25 heavy (non-hydrogen) atoms. The maximum absolute atomic E-state index is 12.1. The van der Waals surface area contributed by atoms with Gasteiger partial charge in [0, 0.05) is 11.3 Å². The van der Waals surface area contributed by atoms with Gasteiger partial charge in [0.25, 0.3) is 5.56 Å². The number of hydrogen-bond acceptors (Lipinski definition) is 5. The zero-order valence-corrected chi connectivity index (χ0v) is 15.0. The van der Waals surface area contributed by atoms with E-state index in [1.165, 1.54) is 5.56 Å². The van der Waals surface area contributed by atoms with E-state index in [4.69, 9.17) is 12.2 Å². The van der Waals surface area contributed by atoms with Gasteiger partial charge in [-0.05, 0) is 38.6 Å². The molecule has 0 aliphatic heterocycles. The van der Waals surface area contributed by atoms with Crippen molar-refractivity contribution in [3.8, 4) is 0 Å². The van der Waals surface area contributed by atoms with Crippen LogP contribution in [0.1, 0.15) is 28.2 Å². The Morgan fingerprint density at radius 2 is 1.92 bits per heavy atom. The van der Waals surface area contributed by atoms with Gasteiger partial charge in [-0.2, -0.15) is 20.0 Å². The number of H-pyrrole nitrogens is 1. The van der Waals surface area contributed by atoms with Gasteiger partial charge in [0.15, 0.2) is 0 Å². The van der Waals surface area contributed by atoms with Crippen molar-refractivity contribution in [1.82, 2.24) is 24.7 Å². The molecule has 1 N–H and O–H groups in total. The summed E-state index contributed by atoms with van der Waals surface area (Å²) in [6, 6.07) is 10.1. The van der Waals surface area contributed by atoms with Gasteiger partial charge in [0.2, 0.25) is 4.77 Å². The number of hydrogen-bond donors (Lipinski definition) is 1. The summed E-state index contributed by atoms with van der Waals surface area (Å²) < 4.78 is 3.21. The molecule has 0 spiro atoms. The van der Waals surface area contributed by atoms with Crippen LogP contribution in [0.3, 0.4) is 0 Å². The fourth-order valence-electron chi connectivity index (χ4n) is 2.50. The van der Waals surface area contributed by atoms with E-state index in [0.29, 0.717) is 12.2 Å². The van der Waals surface area contributed by atoms with Crippen LogP contribution in [0.25, 0.3) is 0 Å². The van der Waals surface area contributed by atoms with E-state index in [2.05, 4.69) is 32.5 Å². The second-order valence-corrected chi connectivity index (χ2v) is 6.09. The van der Waals surface area contributed by atoms with Gasteiger partial charge >= 0.3 is 0 Å². The van der Waals surface area contributed by atoms with E-state index >= 15 is 0 Å². The quantitative estimate of drug-likeness (QED) is 0.576. The van der Waals surface area contributed by atoms with Gasteiger partial charge in [-0.25, -0.2) is 0 Å². The normalized spacial score (nSPS) is 11.3. The zero-order valence-electron chi connectivity index (χ0n) is 14.2. The predicted octanol–water partition coefficient (Wildman–Crippen LogP) is 2.35. The molecule has 0 amide bonds. The Kier molecular flexibility index (Phi) is 4.71. The summed E-state index contributed by atoms with van der Waals surface area (Å²) >= 11 is 5.08. The van der Waals surface area contributed by atoms with Crippen LogP contribution in [0.2, 0.25) is 0 Å². The van der Waals surface area contributed by atoms with E-state index in [0.717, 1.165) is 21.6 Å². The van der Waals surface area contributed by atoms with E-state index in [1.54, 1.807) is 13.1 Å². The number of rotatable bonds is 4.